The van der Waals surface area contributed by atoms with E-state index in [4.69, 9.17) is 9.47 Å². The zero-order chi connectivity index (χ0) is 15.4. The maximum absolute atomic E-state index is 12.2. The van der Waals surface area contributed by atoms with Gasteiger partial charge < -0.3 is 19.9 Å². The Morgan fingerprint density at radius 1 is 1.10 bits per heavy atom. The van der Waals surface area contributed by atoms with Crippen LogP contribution in [0.2, 0.25) is 0 Å². The lowest BCUT2D eigenvalue weighted by Crippen LogP contribution is -2.12. The third-order valence-corrected chi connectivity index (χ3v) is 3.13. The SMILES string of the molecule is COc1ccc(NC(=O)c2ccc(C)c(O)c2)c(OC)c1. The molecule has 1 amide bonds. The van der Waals surface area contributed by atoms with Crippen molar-refractivity contribution < 1.29 is 19.4 Å². The maximum Gasteiger partial charge on any atom is 0.255 e. The number of benzene rings is 2. The molecule has 0 saturated heterocycles. The largest absolute Gasteiger partial charge is 0.508 e. The van der Waals surface area contributed by atoms with Crippen molar-refractivity contribution in [2.45, 2.75) is 6.92 Å². The predicted octanol–water partition coefficient (Wildman–Crippen LogP) is 2.97. The van der Waals surface area contributed by atoms with Crippen LogP contribution in [0.4, 0.5) is 5.69 Å². The Morgan fingerprint density at radius 3 is 2.48 bits per heavy atom. The van der Waals surface area contributed by atoms with Crippen LogP contribution in [0.15, 0.2) is 36.4 Å². The van der Waals surface area contributed by atoms with Gasteiger partial charge in [-0.15, -0.1) is 0 Å². The fraction of sp³-hybridized carbons (Fsp3) is 0.188. The Morgan fingerprint density at radius 2 is 1.86 bits per heavy atom. The molecule has 0 radical (unpaired) electrons. The lowest BCUT2D eigenvalue weighted by Gasteiger charge is -2.12. The van der Waals surface area contributed by atoms with Gasteiger partial charge in [0.05, 0.1) is 19.9 Å². The first-order valence-corrected chi connectivity index (χ1v) is 6.38. The van der Waals surface area contributed by atoms with Crippen molar-refractivity contribution in [1.82, 2.24) is 0 Å². The van der Waals surface area contributed by atoms with E-state index in [0.29, 0.717) is 28.3 Å². The summed E-state index contributed by atoms with van der Waals surface area (Å²) in [6.07, 6.45) is 0. The van der Waals surface area contributed by atoms with Crippen LogP contribution in [0.3, 0.4) is 0 Å². The molecule has 0 saturated carbocycles. The molecule has 2 aromatic rings. The second-order valence-corrected chi connectivity index (χ2v) is 4.52. The summed E-state index contributed by atoms with van der Waals surface area (Å²) in [6, 6.07) is 9.88. The zero-order valence-electron chi connectivity index (χ0n) is 12.1. The average molecular weight is 287 g/mol. The van der Waals surface area contributed by atoms with E-state index >= 15 is 0 Å². The smallest absolute Gasteiger partial charge is 0.255 e. The summed E-state index contributed by atoms with van der Waals surface area (Å²) in [5.74, 6) is 0.898. The molecule has 5 heteroatoms. The van der Waals surface area contributed by atoms with Crippen molar-refractivity contribution in [2.75, 3.05) is 19.5 Å². The fourth-order valence-corrected chi connectivity index (χ4v) is 1.85. The topological polar surface area (TPSA) is 67.8 Å². The third kappa shape index (κ3) is 3.25. The van der Waals surface area contributed by atoms with Gasteiger partial charge in [0, 0.05) is 11.6 Å². The van der Waals surface area contributed by atoms with Crippen LogP contribution in [-0.4, -0.2) is 25.2 Å². The van der Waals surface area contributed by atoms with Gasteiger partial charge in [-0.25, -0.2) is 0 Å². The lowest BCUT2D eigenvalue weighted by molar-refractivity contribution is 0.102. The van der Waals surface area contributed by atoms with Gasteiger partial charge in [0.25, 0.3) is 5.91 Å². The number of carbonyl (C=O) groups is 1. The van der Waals surface area contributed by atoms with Crippen LogP contribution >= 0.6 is 0 Å². The molecule has 0 aliphatic heterocycles. The quantitative estimate of drug-likeness (QED) is 0.907. The van der Waals surface area contributed by atoms with E-state index in [0.717, 1.165) is 0 Å². The highest BCUT2D eigenvalue weighted by Gasteiger charge is 2.12. The van der Waals surface area contributed by atoms with Gasteiger partial charge in [-0.1, -0.05) is 6.07 Å². The number of nitrogens with one attached hydrogen (secondary N) is 1. The molecule has 2 N–H and O–H groups in total. The van der Waals surface area contributed by atoms with E-state index in [1.807, 2.05) is 0 Å². The van der Waals surface area contributed by atoms with Crippen LogP contribution in [-0.2, 0) is 0 Å². The molecular weight excluding hydrogens is 270 g/mol. The summed E-state index contributed by atoms with van der Waals surface area (Å²) >= 11 is 0. The summed E-state index contributed by atoms with van der Waals surface area (Å²) in [5.41, 5.74) is 1.62. The van der Waals surface area contributed by atoms with Crippen LogP contribution in [0, 0.1) is 6.92 Å². The Bertz CT molecular complexity index is 667. The molecule has 110 valence electrons. The van der Waals surface area contributed by atoms with Gasteiger partial charge in [0.2, 0.25) is 0 Å². The highest BCUT2D eigenvalue weighted by atomic mass is 16.5. The number of ether oxygens (including phenoxy) is 2. The number of methoxy groups -OCH3 is 2. The number of rotatable bonds is 4. The van der Waals surface area contributed by atoms with E-state index in [-0.39, 0.29) is 11.7 Å². The zero-order valence-corrected chi connectivity index (χ0v) is 12.1. The Labute approximate surface area is 123 Å². The summed E-state index contributed by atoms with van der Waals surface area (Å²) in [4.78, 5) is 12.2. The molecule has 0 aliphatic rings. The molecular formula is C16H17NO4. The monoisotopic (exact) mass is 287 g/mol. The summed E-state index contributed by atoms with van der Waals surface area (Å²) in [7, 11) is 3.07. The first-order chi connectivity index (χ1) is 10.0. The number of aromatic hydroxyl groups is 1. The number of amides is 1. The molecule has 2 aromatic carbocycles. The van der Waals surface area contributed by atoms with Gasteiger partial charge >= 0.3 is 0 Å². The fourth-order valence-electron chi connectivity index (χ4n) is 1.85. The molecule has 21 heavy (non-hydrogen) atoms. The first-order valence-electron chi connectivity index (χ1n) is 6.38. The highest BCUT2D eigenvalue weighted by Crippen LogP contribution is 2.29. The minimum absolute atomic E-state index is 0.0874. The van der Waals surface area contributed by atoms with Crippen molar-refractivity contribution in [3.05, 3.63) is 47.5 Å². The molecule has 2 rings (SSSR count). The second-order valence-electron chi connectivity index (χ2n) is 4.52. The molecule has 0 aliphatic carbocycles. The van der Waals surface area contributed by atoms with Gasteiger partial charge in [-0.05, 0) is 36.8 Å². The number of carbonyl (C=O) groups excluding carboxylic acids is 1. The van der Waals surface area contributed by atoms with Crippen molar-refractivity contribution in [2.24, 2.45) is 0 Å². The third-order valence-electron chi connectivity index (χ3n) is 3.13. The molecule has 0 bridgehead atoms. The molecule has 5 nitrogen and oxygen atoms in total. The van der Waals surface area contributed by atoms with Crippen molar-refractivity contribution in [3.63, 3.8) is 0 Å². The predicted molar refractivity (Wildman–Crippen MR) is 80.3 cm³/mol. The Kier molecular flexibility index (Phi) is 4.33. The first kappa shape index (κ1) is 14.7. The van der Waals surface area contributed by atoms with E-state index in [1.165, 1.54) is 13.2 Å². The van der Waals surface area contributed by atoms with Crippen molar-refractivity contribution in [1.29, 1.82) is 0 Å². The molecule has 0 aromatic heterocycles. The highest BCUT2D eigenvalue weighted by molar-refractivity contribution is 6.05. The lowest BCUT2D eigenvalue weighted by atomic mass is 10.1. The summed E-state index contributed by atoms with van der Waals surface area (Å²) in [5, 5.41) is 12.4. The van der Waals surface area contributed by atoms with Crippen LogP contribution < -0.4 is 14.8 Å². The summed E-state index contributed by atoms with van der Waals surface area (Å²) in [6.45, 7) is 1.77. The van der Waals surface area contributed by atoms with E-state index < -0.39 is 0 Å². The van der Waals surface area contributed by atoms with E-state index in [9.17, 15) is 9.90 Å². The standard InChI is InChI=1S/C16H17NO4/c1-10-4-5-11(8-14(10)18)16(19)17-13-7-6-12(20-2)9-15(13)21-3/h4-9,18H,1-3H3,(H,17,19). The molecule has 0 unspecified atom stereocenters. The van der Waals surface area contributed by atoms with Gasteiger partial charge in [0.15, 0.2) is 0 Å². The van der Waals surface area contributed by atoms with Gasteiger partial charge in [-0.3, -0.25) is 4.79 Å². The van der Waals surface area contributed by atoms with Crippen LogP contribution in [0.5, 0.6) is 17.2 Å². The maximum atomic E-state index is 12.2. The van der Waals surface area contributed by atoms with Gasteiger partial charge in [-0.2, -0.15) is 0 Å². The van der Waals surface area contributed by atoms with E-state index in [1.54, 1.807) is 44.4 Å². The molecule has 0 heterocycles. The average Bonchev–Trinajstić information content (AvgIpc) is 2.50. The molecule has 0 fully saturated rings. The van der Waals surface area contributed by atoms with Gasteiger partial charge in [0.1, 0.15) is 17.2 Å². The Balaban J connectivity index is 2.24. The van der Waals surface area contributed by atoms with E-state index in [2.05, 4.69) is 5.32 Å². The molecule has 0 spiro atoms. The van der Waals surface area contributed by atoms with Crippen molar-refractivity contribution >= 4 is 11.6 Å². The normalized spacial score (nSPS) is 10.0. The molecule has 0 atom stereocenters. The van der Waals surface area contributed by atoms with Crippen LogP contribution in [0.25, 0.3) is 0 Å². The minimum Gasteiger partial charge on any atom is -0.508 e. The summed E-state index contributed by atoms with van der Waals surface area (Å²) < 4.78 is 10.3. The Hall–Kier alpha value is -2.69. The number of hydrogen-bond donors (Lipinski definition) is 2. The number of aryl methyl sites for hydroxylation is 1. The number of anilines is 1. The second kappa shape index (κ2) is 6.17. The minimum atomic E-state index is -0.325. The van der Waals surface area contributed by atoms with Crippen LogP contribution in [0.1, 0.15) is 15.9 Å². The number of phenolic OH excluding ortho intramolecular Hbond substituents is 1. The van der Waals surface area contributed by atoms with Crippen molar-refractivity contribution in [3.8, 4) is 17.2 Å². The number of phenols is 1. The number of hydrogen-bond acceptors (Lipinski definition) is 4.